The van der Waals surface area contributed by atoms with Crippen molar-refractivity contribution < 1.29 is 4.42 Å². The number of rotatable bonds is 4. The third-order valence-corrected chi connectivity index (χ3v) is 4.12. The topological polar surface area (TPSA) is 28.4 Å². The molecule has 0 spiro atoms. The molecule has 0 bridgehead atoms. The Morgan fingerprint density at radius 3 is 2.85 bits per heavy atom. The largest absolute Gasteiger partial charge is 0.468 e. The van der Waals surface area contributed by atoms with Crippen molar-refractivity contribution in [2.45, 2.75) is 65.6 Å². The van der Waals surface area contributed by atoms with E-state index in [9.17, 15) is 0 Å². The molecular formula is C17H30N2O. The summed E-state index contributed by atoms with van der Waals surface area (Å²) in [7, 11) is 0. The van der Waals surface area contributed by atoms with Gasteiger partial charge in [0.15, 0.2) is 0 Å². The molecule has 20 heavy (non-hydrogen) atoms. The Balaban J connectivity index is 1.91. The second-order valence-electron chi connectivity index (χ2n) is 7.28. The first-order valence-electron chi connectivity index (χ1n) is 7.97. The molecule has 1 N–H and O–H groups in total. The Morgan fingerprint density at radius 1 is 1.30 bits per heavy atom. The normalized spacial score (nSPS) is 21.9. The van der Waals surface area contributed by atoms with E-state index in [1.165, 1.54) is 37.9 Å². The van der Waals surface area contributed by atoms with E-state index in [2.05, 4.69) is 44.0 Å². The van der Waals surface area contributed by atoms with E-state index in [0.717, 1.165) is 24.8 Å². The molecule has 1 atom stereocenters. The Kier molecular flexibility index (Phi) is 5.28. The molecule has 0 saturated carbocycles. The van der Waals surface area contributed by atoms with Crippen molar-refractivity contribution in [1.29, 1.82) is 0 Å². The standard InChI is InChI=1S/C17H30N2O/c1-14-6-5-9-19(10-7-14)13-15-8-11-20-16(15)12-18-17(2,3)4/h8,11,14,18H,5-7,9-10,12-13H2,1-4H3. The quantitative estimate of drug-likeness (QED) is 0.908. The van der Waals surface area contributed by atoms with Crippen molar-refractivity contribution in [2.75, 3.05) is 13.1 Å². The van der Waals surface area contributed by atoms with Crippen LogP contribution in [0.4, 0.5) is 0 Å². The van der Waals surface area contributed by atoms with Gasteiger partial charge in [-0.15, -0.1) is 0 Å². The fourth-order valence-corrected chi connectivity index (χ4v) is 2.73. The van der Waals surface area contributed by atoms with Gasteiger partial charge in [0.05, 0.1) is 12.8 Å². The summed E-state index contributed by atoms with van der Waals surface area (Å²) in [5, 5.41) is 3.51. The lowest BCUT2D eigenvalue weighted by Gasteiger charge is -2.22. The van der Waals surface area contributed by atoms with Crippen LogP contribution in [0.2, 0.25) is 0 Å². The second-order valence-corrected chi connectivity index (χ2v) is 7.28. The Hall–Kier alpha value is -0.800. The van der Waals surface area contributed by atoms with Crippen LogP contribution in [0.1, 0.15) is 58.3 Å². The number of likely N-dealkylation sites (tertiary alicyclic amines) is 1. The number of hydrogen-bond acceptors (Lipinski definition) is 3. The minimum atomic E-state index is 0.127. The van der Waals surface area contributed by atoms with Crippen molar-refractivity contribution in [3.05, 3.63) is 23.7 Å². The van der Waals surface area contributed by atoms with Crippen LogP contribution in [0.3, 0.4) is 0 Å². The molecule has 3 nitrogen and oxygen atoms in total. The predicted molar refractivity (Wildman–Crippen MR) is 83.6 cm³/mol. The highest BCUT2D eigenvalue weighted by molar-refractivity contribution is 5.17. The number of hydrogen-bond donors (Lipinski definition) is 1. The highest BCUT2D eigenvalue weighted by Crippen LogP contribution is 2.20. The highest BCUT2D eigenvalue weighted by atomic mass is 16.3. The van der Waals surface area contributed by atoms with Gasteiger partial charge in [0.1, 0.15) is 5.76 Å². The van der Waals surface area contributed by atoms with E-state index in [1.807, 2.05) is 6.26 Å². The summed E-state index contributed by atoms with van der Waals surface area (Å²) in [5.41, 5.74) is 1.47. The van der Waals surface area contributed by atoms with Gasteiger partial charge in [0.2, 0.25) is 0 Å². The minimum Gasteiger partial charge on any atom is -0.468 e. The van der Waals surface area contributed by atoms with Gasteiger partial charge in [-0.1, -0.05) is 6.92 Å². The molecule has 1 aromatic rings. The van der Waals surface area contributed by atoms with Crippen LogP contribution in [0, 0.1) is 5.92 Å². The highest BCUT2D eigenvalue weighted by Gasteiger charge is 2.17. The Morgan fingerprint density at radius 2 is 2.10 bits per heavy atom. The molecule has 1 aliphatic heterocycles. The van der Waals surface area contributed by atoms with Gasteiger partial charge >= 0.3 is 0 Å². The molecule has 1 aliphatic rings. The maximum absolute atomic E-state index is 5.66. The molecule has 2 rings (SSSR count). The summed E-state index contributed by atoms with van der Waals surface area (Å²) >= 11 is 0. The summed E-state index contributed by atoms with van der Waals surface area (Å²) in [6.45, 7) is 13.2. The van der Waals surface area contributed by atoms with Crippen LogP contribution < -0.4 is 5.32 Å². The molecule has 1 aromatic heterocycles. The third-order valence-electron chi connectivity index (χ3n) is 4.12. The van der Waals surface area contributed by atoms with Crippen molar-refractivity contribution in [1.82, 2.24) is 10.2 Å². The van der Waals surface area contributed by atoms with Crippen molar-refractivity contribution in [3.8, 4) is 0 Å². The van der Waals surface area contributed by atoms with Gasteiger partial charge in [-0.2, -0.15) is 0 Å². The molecule has 114 valence electrons. The SMILES string of the molecule is CC1CCCN(Cc2ccoc2CNC(C)(C)C)CC1. The lowest BCUT2D eigenvalue weighted by Crippen LogP contribution is -2.35. The van der Waals surface area contributed by atoms with Gasteiger partial charge in [0, 0.05) is 17.6 Å². The molecule has 0 amide bonds. The first-order valence-corrected chi connectivity index (χ1v) is 7.97. The first kappa shape index (κ1) is 15.6. The zero-order chi connectivity index (χ0) is 14.6. The summed E-state index contributed by atoms with van der Waals surface area (Å²) in [4.78, 5) is 2.58. The Bertz CT molecular complexity index is 405. The molecule has 0 radical (unpaired) electrons. The molecule has 0 aromatic carbocycles. The van der Waals surface area contributed by atoms with Gasteiger partial charge in [-0.3, -0.25) is 4.90 Å². The summed E-state index contributed by atoms with van der Waals surface area (Å²) in [6.07, 6.45) is 5.86. The molecular weight excluding hydrogens is 248 g/mol. The zero-order valence-electron chi connectivity index (χ0n) is 13.5. The minimum absolute atomic E-state index is 0.127. The van der Waals surface area contributed by atoms with E-state index >= 15 is 0 Å². The third kappa shape index (κ3) is 4.95. The number of nitrogens with zero attached hydrogens (tertiary/aromatic N) is 1. The predicted octanol–water partition coefficient (Wildman–Crippen LogP) is 3.79. The average molecular weight is 278 g/mol. The van der Waals surface area contributed by atoms with Crippen LogP contribution >= 0.6 is 0 Å². The van der Waals surface area contributed by atoms with Crippen LogP contribution in [-0.4, -0.2) is 23.5 Å². The van der Waals surface area contributed by atoms with E-state index in [0.29, 0.717) is 0 Å². The van der Waals surface area contributed by atoms with Crippen molar-refractivity contribution in [3.63, 3.8) is 0 Å². The molecule has 1 fully saturated rings. The monoisotopic (exact) mass is 278 g/mol. The van der Waals surface area contributed by atoms with E-state index in [1.54, 1.807) is 0 Å². The zero-order valence-corrected chi connectivity index (χ0v) is 13.5. The summed E-state index contributed by atoms with van der Waals surface area (Å²) < 4.78 is 5.66. The van der Waals surface area contributed by atoms with Crippen LogP contribution in [0.15, 0.2) is 16.7 Å². The van der Waals surface area contributed by atoms with E-state index < -0.39 is 0 Å². The van der Waals surface area contributed by atoms with E-state index in [4.69, 9.17) is 4.42 Å². The molecule has 1 saturated heterocycles. The van der Waals surface area contributed by atoms with Gasteiger partial charge < -0.3 is 9.73 Å². The lowest BCUT2D eigenvalue weighted by molar-refractivity contribution is 0.270. The second kappa shape index (κ2) is 6.77. The van der Waals surface area contributed by atoms with Crippen LogP contribution in [-0.2, 0) is 13.1 Å². The van der Waals surface area contributed by atoms with Gasteiger partial charge in [0.25, 0.3) is 0 Å². The maximum Gasteiger partial charge on any atom is 0.122 e. The van der Waals surface area contributed by atoms with Crippen molar-refractivity contribution >= 4 is 0 Å². The first-order chi connectivity index (χ1) is 9.44. The van der Waals surface area contributed by atoms with Crippen molar-refractivity contribution in [2.24, 2.45) is 5.92 Å². The fourth-order valence-electron chi connectivity index (χ4n) is 2.73. The maximum atomic E-state index is 5.66. The smallest absolute Gasteiger partial charge is 0.122 e. The van der Waals surface area contributed by atoms with Crippen LogP contribution in [0.5, 0.6) is 0 Å². The summed E-state index contributed by atoms with van der Waals surface area (Å²) in [6, 6.07) is 2.13. The lowest BCUT2D eigenvalue weighted by atomic mass is 10.0. The summed E-state index contributed by atoms with van der Waals surface area (Å²) in [5.74, 6) is 1.98. The van der Waals surface area contributed by atoms with Gasteiger partial charge in [-0.25, -0.2) is 0 Å². The molecule has 1 unspecified atom stereocenters. The van der Waals surface area contributed by atoms with Crippen LogP contribution in [0.25, 0.3) is 0 Å². The van der Waals surface area contributed by atoms with Gasteiger partial charge in [-0.05, 0) is 65.1 Å². The fraction of sp³-hybridized carbons (Fsp3) is 0.765. The molecule has 0 aliphatic carbocycles. The van der Waals surface area contributed by atoms with E-state index in [-0.39, 0.29) is 5.54 Å². The Labute approximate surface area is 123 Å². The molecule has 2 heterocycles. The average Bonchev–Trinajstić information content (AvgIpc) is 2.69. The number of nitrogens with one attached hydrogen (secondary N) is 1. The number of furan rings is 1. The molecule has 3 heteroatoms.